The van der Waals surface area contributed by atoms with E-state index in [1.54, 1.807) is 0 Å². The quantitative estimate of drug-likeness (QED) is 0.0845. The average Bonchev–Trinajstić information content (AvgIpc) is 3.12. The third-order valence-corrected chi connectivity index (χ3v) is 11.4. The lowest BCUT2D eigenvalue weighted by Gasteiger charge is -2.54. The Morgan fingerprint density at radius 3 is 0.917 bits per heavy atom. The van der Waals surface area contributed by atoms with Gasteiger partial charge in [-0.15, -0.1) is 6.42 Å². The van der Waals surface area contributed by atoms with Crippen LogP contribution in [0.2, 0.25) is 0 Å². The molecule has 3 nitrogen and oxygen atoms in total. The van der Waals surface area contributed by atoms with E-state index in [0.29, 0.717) is 0 Å². The molecule has 256 valence electrons. The van der Waals surface area contributed by atoms with Crippen LogP contribution in [0.5, 0.6) is 0 Å². The smallest absolute Gasteiger partial charge is 0.118 e. The zero-order valence-electron chi connectivity index (χ0n) is 30.5. The number of hydrogen-bond acceptors (Lipinski definition) is 3. The fourth-order valence-electron chi connectivity index (χ4n) is 8.94. The van der Waals surface area contributed by atoms with E-state index in [-0.39, 0.29) is 0 Å². The summed E-state index contributed by atoms with van der Waals surface area (Å²) in [5, 5.41) is 0. The molecule has 0 bridgehead atoms. The minimum atomic E-state index is -0.587. The maximum absolute atomic E-state index is 6.93. The monoisotopic (exact) mass is 643 g/mol. The van der Waals surface area contributed by atoms with Crippen molar-refractivity contribution < 1.29 is 0 Å². The summed E-state index contributed by atoms with van der Waals surface area (Å²) in [6.45, 7) is 10.0. The summed E-state index contributed by atoms with van der Waals surface area (Å²) in [4.78, 5) is 7.95. The summed E-state index contributed by atoms with van der Waals surface area (Å²) < 4.78 is 0. The van der Waals surface area contributed by atoms with Gasteiger partial charge in [0.05, 0.1) is 0 Å². The first-order chi connectivity index (χ1) is 23.7. The van der Waals surface area contributed by atoms with E-state index >= 15 is 0 Å². The minimum absolute atomic E-state index is 0.587. The van der Waals surface area contributed by atoms with Crippen molar-refractivity contribution in [2.24, 2.45) is 0 Å². The van der Waals surface area contributed by atoms with Crippen LogP contribution in [0.25, 0.3) is 0 Å². The van der Waals surface area contributed by atoms with Crippen LogP contribution in [0.15, 0.2) is 54.6 Å². The first kappa shape index (κ1) is 34.5. The highest BCUT2D eigenvalue weighted by molar-refractivity contribution is 6.02. The van der Waals surface area contributed by atoms with Gasteiger partial charge < -0.3 is 14.7 Å². The lowest BCUT2D eigenvalue weighted by atomic mass is 9.61. The molecule has 0 radical (unpaired) electrons. The number of nitrogens with zero attached hydrogens (tertiary/aromatic N) is 3. The zero-order valence-corrected chi connectivity index (χ0v) is 30.5. The number of benzene rings is 3. The summed E-state index contributed by atoms with van der Waals surface area (Å²) in [6.07, 6.45) is 30.3. The minimum Gasteiger partial charge on any atom is -0.341 e. The molecule has 3 aliphatic heterocycles. The van der Waals surface area contributed by atoms with Crippen LogP contribution in [0, 0.1) is 12.3 Å². The van der Waals surface area contributed by atoms with E-state index < -0.39 is 5.41 Å². The van der Waals surface area contributed by atoms with Crippen molar-refractivity contribution in [1.29, 1.82) is 0 Å². The molecule has 3 heteroatoms. The molecule has 0 spiro atoms. The van der Waals surface area contributed by atoms with Crippen LogP contribution < -0.4 is 14.7 Å². The van der Waals surface area contributed by atoms with Crippen molar-refractivity contribution in [3.05, 3.63) is 71.3 Å². The highest BCUT2D eigenvalue weighted by atomic mass is 15.2. The maximum Gasteiger partial charge on any atom is 0.118 e. The van der Waals surface area contributed by atoms with Gasteiger partial charge in [0.15, 0.2) is 0 Å². The largest absolute Gasteiger partial charge is 0.341 e. The first-order valence-electron chi connectivity index (χ1n) is 19.9. The van der Waals surface area contributed by atoms with Crippen molar-refractivity contribution >= 4 is 34.1 Å². The Bertz CT molecular complexity index is 1310. The molecule has 48 heavy (non-hydrogen) atoms. The Morgan fingerprint density at radius 1 is 0.417 bits per heavy atom. The SMILES string of the molecule is C#CC12c3c4cccc3N(CCCCCCCC)c3cccc(c31)N(CCCCCCCC)c1cccc(c12)N4CCCCCCCC. The second-order valence-corrected chi connectivity index (χ2v) is 14.7. The topological polar surface area (TPSA) is 9.72 Å². The molecule has 0 aliphatic carbocycles. The van der Waals surface area contributed by atoms with E-state index in [1.807, 2.05) is 0 Å². The number of unbranched alkanes of at least 4 members (excludes halogenated alkanes) is 15. The lowest BCUT2D eigenvalue weighted by Crippen LogP contribution is -2.47. The molecule has 3 aromatic rings. The molecule has 3 aromatic carbocycles. The van der Waals surface area contributed by atoms with Crippen molar-refractivity contribution in [3.8, 4) is 12.3 Å². The van der Waals surface area contributed by atoms with E-state index in [4.69, 9.17) is 6.42 Å². The van der Waals surface area contributed by atoms with Crippen LogP contribution in [-0.4, -0.2) is 19.6 Å². The van der Waals surface area contributed by atoms with Crippen LogP contribution in [0.3, 0.4) is 0 Å². The molecule has 0 unspecified atom stereocenters. The van der Waals surface area contributed by atoms with Gasteiger partial charge in [-0.2, -0.15) is 0 Å². The van der Waals surface area contributed by atoms with Gasteiger partial charge in [-0.05, 0) is 55.7 Å². The number of terminal acetylenes is 1. The predicted octanol–water partition coefficient (Wildman–Crippen LogP) is 13.1. The molecule has 3 heterocycles. The molecule has 0 aromatic heterocycles. The summed E-state index contributed by atoms with van der Waals surface area (Å²) >= 11 is 0. The lowest BCUT2D eigenvalue weighted by molar-refractivity contribution is 0.598. The molecule has 0 saturated heterocycles. The molecule has 0 fully saturated rings. The molecule has 0 N–H and O–H groups in total. The third-order valence-electron chi connectivity index (χ3n) is 11.4. The van der Waals surface area contributed by atoms with Gasteiger partial charge in [-0.3, -0.25) is 0 Å². The van der Waals surface area contributed by atoms with Gasteiger partial charge in [0.1, 0.15) is 5.41 Å². The van der Waals surface area contributed by atoms with Crippen LogP contribution >= 0.6 is 0 Å². The van der Waals surface area contributed by atoms with Gasteiger partial charge in [0.25, 0.3) is 0 Å². The number of rotatable bonds is 21. The fourth-order valence-corrected chi connectivity index (χ4v) is 8.94. The van der Waals surface area contributed by atoms with Crippen LogP contribution in [-0.2, 0) is 5.41 Å². The molecular formula is C45H61N3. The molecular weight excluding hydrogens is 583 g/mol. The summed E-state index contributed by atoms with van der Waals surface area (Å²) in [7, 11) is 0. The zero-order chi connectivity index (χ0) is 33.3. The Hall–Kier alpha value is -3.38. The molecule has 6 rings (SSSR count). The van der Waals surface area contributed by atoms with Crippen molar-refractivity contribution in [2.75, 3.05) is 34.3 Å². The van der Waals surface area contributed by atoms with Crippen molar-refractivity contribution in [3.63, 3.8) is 0 Å². The molecule has 0 amide bonds. The summed E-state index contributed by atoms with van der Waals surface area (Å²) in [5.41, 5.74) is 11.4. The fraction of sp³-hybridized carbons (Fsp3) is 0.556. The highest BCUT2D eigenvalue weighted by Gasteiger charge is 2.55. The van der Waals surface area contributed by atoms with Gasteiger partial charge in [-0.1, -0.05) is 141 Å². The van der Waals surface area contributed by atoms with E-state index in [2.05, 4.69) is 96.0 Å². The van der Waals surface area contributed by atoms with Crippen molar-refractivity contribution in [1.82, 2.24) is 0 Å². The van der Waals surface area contributed by atoms with Gasteiger partial charge >= 0.3 is 0 Å². The Labute approximate surface area is 293 Å². The van der Waals surface area contributed by atoms with Crippen LogP contribution in [0.1, 0.15) is 153 Å². The van der Waals surface area contributed by atoms with Crippen molar-refractivity contribution in [2.45, 2.75) is 142 Å². The normalized spacial score (nSPS) is 14.7. The number of hydrogen-bond donors (Lipinski definition) is 0. The first-order valence-corrected chi connectivity index (χ1v) is 19.9. The second kappa shape index (κ2) is 16.3. The standard InChI is InChI=1S/C45H61N3/c1-5-9-12-15-18-21-33-46-36-27-24-29-38-42(36)45(8-4)43-37(46)28-25-30-39(43)48(35-23-20-17-14-11-7-3)41-32-26-31-40(44(41)45)47(38)34-22-19-16-13-10-6-2/h4,24-32H,5-7,9-23,33-35H2,1-3H3. The van der Waals surface area contributed by atoms with Gasteiger partial charge in [0, 0.05) is 70.4 Å². The Balaban J connectivity index is 1.44. The Morgan fingerprint density at radius 2 is 0.667 bits per heavy atom. The van der Waals surface area contributed by atoms with E-state index in [1.165, 1.54) is 166 Å². The third kappa shape index (κ3) is 6.37. The molecule has 3 aliphatic rings. The maximum atomic E-state index is 6.93. The average molecular weight is 644 g/mol. The van der Waals surface area contributed by atoms with Crippen LogP contribution in [0.4, 0.5) is 34.1 Å². The second-order valence-electron chi connectivity index (χ2n) is 14.7. The number of anilines is 6. The molecule has 0 atom stereocenters. The van der Waals surface area contributed by atoms with E-state index in [0.717, 1.165) is 19.6 Å². The Kier molecular flexibility index (Phi) is 11.7. The van der Waals surface area contributed by atoms with E-state index in [9.17, 15) is 0 Å². The summed E-state index contributed by atoms with van der Waals surface area (Å²) in [5.74, 6) is 3.56. The predicted molar refractivity (Wildman–Crippen MR) is 209 cm³/mol. The highest BCUT2D eigenvalue weighted by Crippen LogP contribution is 2.66. The summed E-state index contributed by atoms with van der Waals surface area (Å²) in [6, 6.07) is 21.1. The van der Waals surface area contributed by atoms with Gasteiger partial charge in [-0.25, -0.2) is 0 Å². The molecule has 0 saturated carbocycles. The van der Waals surface area contributed by atoms with Gasteiger partial charge in [0.2, 0.25) is 0 Å².